The number of methoxy groups -OCH3 is 1. The van der Waals surface area contributed by atoms with Crippen LogP contribution in [0.15, 0.2) is 24.3 Å². The van der Waals surface area contributed by atoms with Crippen LogP contribution in [0.1, 0.15) is 12.8 Å². The van der Waals surface area contributed by atoms with Crippen molar-refractivity contribution in [3.8, 4) is 5.75 Å². The number of nitrogens with one attached hydrogen (secondary N) is 1. The minimum absolute atomic E-state index is 0.925. The van der Waals surface area contributed by atoms with E-state index >= 15 is 0 Å². The number of nitrogens with zero attached hydrogens (tertiary/aromatic N) is 1. The first-order chi connectivity index (χ1) is 7.90. The molecule has 1 fully saturated rings. The minimum atomic E-state index is 0.925. The largest absolute Gasteiger partial charge is 0.497 e. The van der Waals surface area contributed by atoms with Crippen molar-refractivity contribution in [3.05, 3.63) is 24.3 Å². The summed E-state index contributed by atoms with van der Waals surface area (Å²) in [5.41, 5.74) is 1.30. The zero-order valence-electron chi connectivity index (χ0n) is 9.91. The third kappa shape index (κ3) is 2.89. The number of hydrogen-bond donors (Lipinski definition) is 1. The lowest BCUT2D eigenvalue weighted by Gasteiger charge is -2.27. The van der Waals surface area contributed by atoms with E-state index in [0.29, 0.717) is 0 Å². The predicted molar refractivity (Wildman–Crippen MR) is 67.3 cm³/mol. The smallest absolute Gasteiger partial charge is 0.119 e. The second-order valence-electron chi connectivity index (χ2n) is 4.14. The van der Waals surface area contributed by atoms with Crippen molar-refractivity contribution < 1.29 is 4.74 Å². The molecule has 1 aromatic carbocycles. The zero-order valence-corrected chi connectivity index (χ0v) is 9.91. The third-order valence-corrected chi connectivity index (χ3v) is 3.03. The van der Waals surface area contributed by atoms with E-state index in [9.17, 15) is 0 Å². The SMILES string of the molecule is COc1ccc(N2CCCCNCC2)cc1. The molecule has 1 aromatic rings. The maximum absolute atomic E-state index is 5.17. The molecule has 2 rings (SSSR count). The van der Waals surface area contributed by atoms with Crippen molar-refractivity contribution in [1.82, 2.24) is 5.32 Å². The molecule has 0 aromatic heterocycles. The van der Waals surface area contributed by atoms with Crippen LogP contribution in [-0.4, -0.2) is 33.3 Å². The first kappa shape index (κ1) is 11.3. The van der Waals surface area contributed by atoms with Crippen LogP contribution in [0.25, 0.3) is 0 Å². The van der Waals surface area contributed by atoms with Crippen molar-refractivity contribution in [1.29, 1.82) is 0 Å². The summed E-state index contributed by atoms with van der Waals surface area (Å²) >= 11 is 0. The van der Waals surface area contributed by atoms with Gasteiger partial charge in [-0.15, -0.1) is 0 Å². The van der Waals surface area contributed by atoms with E-state index < -0.39 is 0 Å². The average molecular weight is 220 g/mol. The monoisotopic (exact) mass is 220 g/mol. The highest BCUT2D eigenvalue weighted by molar-refractivity contribution is 5.49. The molecule has 0 atom stereocenters. The van der Waals surface area contributed by atoms with Crippen molar-refractivity contribution in [3.63, 3.8) is 0 Å². The van der Waals surface area contributed by atoms with Gasteiger partial charge in [-0.1, -0.05) is 0 Å². The van der Waals surface area contributed by atoms with E-state index in [1.54, 1.807) is 7.11 Å². The molecule has 0 unspecified atom stereocenters. The van der Waals surface area contributed by atoms with Gasteiger partial charge in [-0.2, -0.15) is 0 Å². The van der Waals surface area contributed by atoms with Gasteiger partial charge in [-0.3, -0.25) is 0 Å². The van der Waals surface area contributed by atoms with Crippen LogP contribution in [0.5, 0.6) is 5.75 Å². The average Bonchev–Trinajstić information content (AvgIpc) is 2.29. The van der Waals surface area contributed by atoms with Gasteiger partial charge in [-0.05, 0) is 43.7 Å². The number of ether oxygens (including phenoxy) is 1. The number of anilines is 1. The van der Waals surface area contributed by atoms with Gasteiger partial charge < -0.3 is 15.0 Å². The van der Waals surface area contributed by atoms with Crippen molar-refractivity contribution >= 4 is 5.69 Å². The summed E-state index contributed by atoms with van der Waals surface area (Å²) in [5, 5.41) is 3.44. The lowest BCUT2D eigenvalue weighted by Crippen LogP contribution is -2.36. The lowest BCUT2D eigenvalue weighted by molar-refractivity contribution is 0.415. The summed E-state index contributed by atoms with van der Waals surface area (Å²) in [6, 6.07) is 8.34. The lowest BCUT2D eigenvalue weighted by atomic mass is 10.2. The fraction of sp³-hybridized carbons (Fsp3) is 0.538. The molecule has 88 valence electrons. The maximum Gasteiger partial charge on any atom is 0.119 e. The fourth-order valence-corrected chi connectivity index (χ4v) is 2.05. The Labute approximate surface area is 97.4 Å². The van der Waals surface area contributed by atoms with Crippen LogP contribution in [0.4, 0.5) is 5.69 Å². The molecule has 0 aliphatic carbocycles. The minimum Gasteiger partial charge on any atom is -0.497 e. The van der Waals surface area contributed by atoms with Crippen LogP contribution < -0.4 is 15.0 Å². The third-order valence-electron chi connectivity index (χ3n) is 3.03. The number of benzene rings is 1. The Morgan fingerprint density at radius 2 is 1.88 bits per heavy atom. The van der Waals surface area contributed by atoms with E-state index in [1.165, 1.54) is 18.5 Å². The highest BCUT2D eigenvalue weighted by atomic mass is 16.5. The molecular weight excluding hydrogens is 200 g/mol. The van der Waals surface area contributed by atoms with E-state index in [2.05, 4.69) is 22.3 Å². The highest BCUT2D eigenvalue weighted by Gasteiger charge is 2.08. The fourth-order valence-electron chi connectivity index (χ4n) is 2.05. The van der Waals surface area contributed by atoms with Crippen molar-refractivity contribution in [2.75, 3.05) is 38.2 Å². The normalized spacial score (nSPS) is 17.7. The topological polar surface area (TPSA) is 24.5 Å². The van der Waals surface area contributed by atoms with Gasteiger partial charge in [0.2, 0.25) is 0 Å². The molecule has 0 spiro atoms. The Balaban J connectivity index is 2.02. The van der Waals surface area contributed by atoms with Gasteiger partial charge in [0, 0.05) is 25.3 Å². The van der Waals surface area contributed by atoms with Gasteiger partial charge in [0.25, 0.3) is 0 Å². The molecule has 1 heterocycles. The Kier molecular flexibility index (Phi) is 4.05. The van der Waals surface area contributed by atoms with Crippen LogP contribution in [0, 0.1) is 0 Å². The zero-order chi connectivity index (χ0) is 11.2. The van der Waals surface area contributed by atoms with Gasteiger partial charge in [0.1, 0.15) is 5.75 Å². The van der Waals surface area contributed by atoms with Crippen LogP contribution in [-0.2, 0) is 0 Å². The first-order valence-electron chi connectivity index (χ1n) is 6.00. The molecule has 3 nitrogen and oxygen atoms in total. The molecule has 16 heavy (non-hydrogen) atoms. The summed E-state index contributed by atoms with van der Waals surface area (Å²) < 4.78 is 5.17. The van der Waals surface area contributed by atoms with Crippen LogP contribution in [0.2, 0.25) is 0 Å². The second kappa shape index (κ2) is 5.75. The molecule has 0 amide bonds. The number of hydrogen-bond acceptors (Lipinski definition) is 3. The summed E-state index contributed by atoms with van der Waals surface area (Å²) in [4.78, 5) is 2.44. The summed E-state index contributed by atoms with van der Waals surface area (Å²) in [6.07, 6.45) is 2.53. The van der Waals surface area contributed by atoms with Crippen LogP contribution >= 0.6 is 0 Å². The molecule has 1 aliphatic rings. The van der Waals surface area contributed by atoms with Gasteiger partial charge in [0.05, 0.1) is 7.11 Å². The molecular formula is C13H20N2O. The molecule has 0 radical (unpaired) electrons. The molecule has 0 saturated carbocycles. The summed E-state index contributed by atoms with van der Waals surface area (Å²) in [7, 11) is 1.70. The number of rotatable bonds is 2. The Bertz CT molecular complexity index is 302. The summed E-state index contributed by atoms with van der Waals surface area (Å²) in [6.45, 7) is 4.49. The van der Waals surface area contributed by atoms with E-state index in [0.717, 1.165) is 31.9 Å². The van der Waals surface area contributed by atoms with E-state index in [1.807, 2.05) is 12.1 Å². The van der Waals surface area contributed by atoms with Gasteiger partial charge >= 0.3 is 0 Å². The first-order valence-corrected chi connectivity index (χ1v) is 6.00. The van der Waals surface area contributed by atoms with Gasteiger partial charge in [0.15, 0.2) is 0 Å². The second-order valence-corrected chi connectivity index (χ2v) is 4.14. The molecule has 1 N–H and O–H groups in total. The summed E-state index contributed by atoms with van der Waals surface area (Å²) in [5.74, 6) is 0.925. The van der Waals surface area contributed by atoms with Crippen molar-refractivity contribution in [2.45, 2.75) is 12.8 Å². The Morgan fingerprint density at radius 1 is 1.06 bits per heavy atom. The molecule has 3 heteroatoms. The van der Waals surface area contributed by atoms with E-state index in [4.69, 9.17) is 4.74 Å². The van der Waals surface area contributed by atoms with Crippen LogP contribution in [0.3, 0.4) is 0 Å². The Hall–Kier alpha value is -1.22. The van der Waals surface area contributed by atoms with Crippen molar-refractivity contribution in [2.24, 2.45) is 0 Å². The highest BCUT2D eigenvalue weighted by Crippen LogP contribution is 2.19. The molecule has 0 bridgehead atoms. The van der Waals surface area contributed by atoms with Gasteiger partial charge in [-0.25, -0.2) is 0 Å². The quantitative estimate of drug-likeness (QED) is 0.823. The van der Waals surface area contributed by atoms with E-state index in [-0.39, 0.29) is 0 Å². The maximum atomic E-state index is 5.17. The standard InChI is InChI=1S/C13H20N2O/c1-16-13-6-4-12(5-7-13)15-10-3-2-8-14-9-11-15/h4-7,14H,2-3,8-11H2,1H3. The molecule has 1 saturated heterocycles. The molecule has 1 aliphatic heterocycles. The predicted octanol–water partition coefficient (Wildman–Crippen LogP) is 1.88. The Morgan fingerprint density at radius 3 is 2.62 bits per heavy atom.